The fourth-order valence-electron chi connectivity index (χ4n) is 3.45. The molecule has 134 valence electrons. The summed E-state index contributed by atoms with van der Waals surface area (Å²) in [5, 5.41) is 9.42. The van der Waals surface area contributed by atoms with Crippen molar-refractivity contribution in [3.63, 3.8) is 0 Å². The Morgan fingerprint density at radius 1 is 1.15 bits per heavy atom. The van der Waals surface area contributed by atoms with Crippen molar-refractivity contribution in [2.45, 2.75) is 23.6 Å². The van der Waals surface area contributed by atoms with E-state index in [1.165, 1.54) is 4.31 Å². The Balaban J connectivity index is 1.93. The van der Waals surface area contributed by atoms with Gasteiger partial charge in [0.15, 0.2) is 0 Å². The highest BCUT2D eigenvalue weighted by molar-refractivity contribution is 7.89. The fraction of sp³-hybridized carbons (Fsp3) is 0.300. The Kier molecular flexibility index (Phi) is 5.65. The van der Waals surface area contributed by atoms with Gasteiger partial charge in [-0.3, -0.25) is 0 Å². The van der Waals surface area contributed by atoms with Gasteiger partial charge >= 0.3 is 0 Å². The number of hydrogen-bond donors (Lipinski definition) is 1. The zero-order valence-electron chi connectivity index (χ0n) is 14.7. The van der Waals surface area contributed by atoms with Crippen LogP contribution in [-0.4, -0.2) is 45.4 Å². The molecule has 1 N–H and O–H groups in total. The second kappa shape index (κ2) is 7.78. The number of aliphatic hydroxyl groups excluding tert-OH is 1. The van der Waals surface area contributed by atoms with E-state index in [0.29, 0.717) is 0 Å². The van der Waals surface area contributed by atoms with Gasteiger partial charge in [0, 0.05) is 19.0 Å². The van der Waals surface area contributed by atoms with E-state index in [-0.39, 0.29) is 36.3 Å². The molecule has 1 saturated heterocycles. The minimum atomic E-state index is -3.64. The summed E-state index contributed by atoms with van der Waals surface area (Å²) < 4.78 is 27.4. The van der Waals surface area contributed by atoms with Gasteiger partial charge < -0.3 is 5.11 Å². The monoisotopic (exact) mass is 367 g/mol. The summed E-state index contributed by atoms with van der Waals surface area (Å²) in [4.78, 5) is 0.261. The van der Waals surface area contributed by atoms with E-state index in [9.17, 15) is 13.5 Å². The normalized spacial score (nSPS) is 23.2. The number of benzene rings is 2. The van der Waals surface area contributed by atoms with Gasteiger partial charge in [0.1, 0.15) is 0 Å². The van der Waals surface area contributed by atoms with Gasteiger partial charge in [-0.1, -0.05) is 59.9 Å². The van der Waals surface area contributed by atoms with Crippen LogP contribution in [0.25, 0.3) is 0 Å². The molecule has 1 fully saturated rings. The molecule has 1 aliphatic rings. The van der Waals surface area contributed by atoms with Gasteiger partial charge in [0.25, 0.3) is 0 Å². The minimum Gasteiger partial charge on any atom is -0.392 e. The third-order valence-electron chi connectivity index (χ3n) is 4.77. The number of aryl methyl sites for hydroxylation is 1. The van der Waals surface area contributed by atoms with Gasteiger partial charge in [-0.15, -0.1) is 0 Å². The first-order valence-electron chi connectivity index (χ1n) is 8.60. The highest BCUT2D eigenvalue weighted by Crippen LogP contribution is 2.40. The summed E-state index contributed by atoms with van der Waals surface area (Å²) in [6.45, 7) is 2.23. The molecular weight excluding hydrogens is 345 g/mol. The number of hydrogen-bond acceptors (Lipinski definition) is 3. The van der Waals surface area contributed by atoms with E-state index in [2.05, 4.69) is 0 Å². The third kappa shape index (κ3) is 3.77. The maximum Gasteiger partial charge on any atom is 0.243 e. The lowest BCUT2D eigenvalue weighted by atomic mass is 9.68. The zero-order chi connectivity index (χ0) is 18.7. The molecule has 0 aromatic heterocycles. The van der Waals surface area contributed by atoms with E-state index in [1.54, 1.807) is 30.3 Å². The van der Waals surface area contributed by atoms with Gasteiger partial charge in [0.2, 0.25) is 10.0 Å². The van der Waals surface area contributed by atoms with Crippen LogP contribution >= 0.6 is 0 Å². The highest BCUT2D eigenvalue weighted by Gasteiger charge is 2.36. The molecule has 3 rings (SSSR count). The molecule has 0 unspecified atom stereocenters. The maximum absolute atomic E-state index is 13.0. The Morgan fingerprint density at radius 3 is 2.42 bits per heavy atom. The molecule has 0 amide bonds. The van der Waals surface area contributed by atoms with Crippen molar-refractivity contribution in [2.24, 2.45) is 0 Å². The van der Waals surface area contributed by atoms with Crippen molar-refractivity contribution in [3.8, 4) is 0 Å². The summed E-state index contributed by atoms with van der Waals surface area (Å²) in [7, 11) is 2.75. The van der Waals surface area contributed by atoms with Crippen LogP contribution in [0.5, 0.6) is 0 Å². The van der Waals surface area contributed by atoms with Gasteiger partial charge in [0.05, 0.1) is 19.3 Å². The topological polar surface area (TPSA) is 57.6 Å². The molecule has 0 spiro atoms. The van der Waals surface area contributed by atoms with E-state index in [4.69, 9.17) is 7.85 Å². The van der Waals surface area contributed by atoms with Crippen molar-refractivity contribution in [3.05, 3.63) is 77.4 Å². The lowest BCUT2D eigenvalue weighted by molar-refractivity contribution is 0.333. The minimum absolute atomic E-state index is 0.104. The second-order valence-electron chi connectivity index (χ2n) is 6.62. The standard InChI is InChI=1S/C20H22BNO3S/c1-15-7-9-18(10-8-15)26(24,25)22-13-17(11-12-23)20(19(21)14-22)16-5-3-2-4-6-16/h2-11,19-20,23H,12-14H2,1H3/b17-11-/t19-,20-/m0/s1. The lowest BCUT2D eigenvalue weighted by Gasteiger charge is -2.39. The zero-order valence-corrected chi connectivity index (χ0v) is 15.6. The molecule has 0 bridgehead atoms. The molecule has 6 heteroatoms. The molecule has 26 heavy (non-hydrogen) atoms. The fourth-order valence-corrected chi connectivity index (χ4v) is 4.92. The first-order valence-corrected chi connectivity index (χ1v) is 10.0. The molecule has 2 atom stereocenters. The van der Waals surface area contributed by atoms with Crippen molar-refractivity contribution in [1.29, 1.82) is 0 Å². The molecule has 2 radical (unpaired) electrons. The van der Waals surface area contributed by atoms with Crippen LogP contribution in [0.3, 0.4) is 0 Å². The average molecular weight is 367 g/mol. The van der Waals surface area contributed by atoms with Crippen LogP contribution in [0, 0.1) is 6.92 Å². The number of aliphatic hydroxyl groups is 1. The van der Waals surface area contributed by atoms with E-state index in [0.717, 1.165) is 16.7 Å². The third-order valence-corrected chi connectivity index (χ3v) is 6.60. The number of rotatable bonds is 4. The summed E-state index contributed by atoms with van der Waals surface area (Å²) in [6.07, 6.45) is 1.67. The summed E-state index contributed by atoms with van der Waals surface area (Å²) in [5.74, 6) is -0.489. The highest BCUT2D eigenvalue weighted by atomic mass is 32.2. The molecule has 0 saturated carbocycles. The summed E-state index contributed by atoms with van der Waals surface area (Å²) in [6, 6.07) is 16.6. The molecule has 2 aromatic rings. The summed E-state index contributed by atoms with van der Waals surface area (Å²) in [5.41, 5.74) is 2.87. The predicted octanol–water partition coefficient (Wildman–Crippen LogP) is 2.66. The molecule has 0 aliphatic carbocycles. The van der Waals surface area contributed by atoms with Crippen molar-refractivity contribution in [1.82, 2.24) is 4.31 Å². The van der Waals surface area contributed by atoms with Crippen molar-refractivity contribution < 1.29 is 13.5 Å². The Labute approximate surface area is 156 Å². The molecule has 4 nitrogen and oxygen atoms in total. The average Bonchev–Trinajstić information content (AvgIpc) is 2.63. The van der Waals surface area contributed by atoms with E-state index in [1.807, 2.05) is 37.3 Å². The summed E-state index contributed by atoms with van der Waals surface area (Å²) >= 11 is 0. The van der Waals surface area contributed by atoms with Crippen LogP contribution in [0.2, 0.25) is 5.82 Å². The first kappa shape index (κ1) is 18.9. The second-order valence-corrected chi connectivity index (χ2v) is 8.56. The SMILES string of the molecule is [B][C@H]1CN(S(=O)(=O)c2ccc(C)cc2)C/C(=C/CO)[C@@H]1c1ccccc1. The number of piperidine rings is 1. The van der Waals surface area contributed by atoms with Crippen LogP contribution in [-0.2, 0) is 10.0 Å². The van der Waals surface area contributed by atoms with E-state index >= 15 is 0 Å². The smallest absolute Gasteiger partial charge is 0.243 e. The van der Waals surface area contributed by atoms with Gasteiger partial charge in [-0.25, -0.2) is 8.42 Å². The molecular formula is C20H22BNO3S. The van der Waals surface area contributed by atoms with Crippen LogP contribution in [0.1, 0.15) is 17.0 Å². The van der Waals surface area contributed by atoms with Crippen LogP contribution in [0.15, 0.2) is 71.1 Å². The number of nitrogens with zero attached hydrogens (tertiary/aromatic N) is 1. The molecule has 1 aliphatic heterocycles. The Bertz CT molecular complexity index is 879. The number of sulfonamides is 1. The Hall–Kier alpha value is -1.89. The van der Waals surface area contributed by atoms with Crippen molar-refractivity contribution in [2.75, 3.05) is 19.7 Å². The lowest BCUT2D eigenvalue weighted by Crippen LogP contribution is -2.42. The molecule has 1 heterocycles. The first-order chi connectivity index (χ1) is 12.4. The van der Waals surface area contributed by atoms with Crippen molar-refractivity contribution >= 4 is 17.9 Å². The quantitative estimate of drug-likeness (QED) is 0.668. The van der Waals surface area contributed by atoms with Gasteiger partial charge in [-0.05, 0) is 30.2 Å². The largest absolute Gasteiger partial charge is 0.392 e. The van der Waals surface area contributed by atoms with Crippen LogP contribution < -0.4 is 0 Å². The van der Waals surface area contributed by atoms with Crippen LogP contribution in [0.4, 0.5) is 0 Å². The predicted molar refractivity (Wildman–Crippen MR) is 104 cm³/mol. The maximum atomic E-state index is 13.0. The van der Waals surface area contributed by atoms with Gasteiger partial charge in [-0.2, -0.15) is 4.31 Å². The van der Waals surface area contributed by atoms with E-state index < -0.39 is 10.0 Å². The molecule has 2 aromatic carbocycles. The Morgan fingerprint density at radius 2 is 1.81 bits per heavy atom.